The Kier molecular flexibility index (Phi) is 6.35. The molecule has 30 heavy (non-hydrogen) atoms. The predicted molar refractivity (Wildman–Crippen MR) is 120 cm³/mol. The fraction of sp³-hybridized carbons (Fsp3) is 0.238. The van der Waals surface area contributed by atoms with Crippen LogP contribution >= 0.6 is 11.8 Å². The Morgan fingerprint density at radius 3 is 2.53 bits per heavy atom. The number of sulfonamides is 1. The molecule has 0 spiro atoms. The lowest BCUT2D eigenvalue weighted by atomic mass is 10.1. The van der Waals surface area contributed by atoms with Gasteiger partial charge in [-0.05, 0) is 62.6 Å². The van der Waals surface area contributed by atoms with E-state index in [9.17, 15) is 13.2 Å². The standard InChI is InChI=1S/C21H24N4O3S2/c1-13-5-6-19(15(3)9-13)25-8-7-23-21(25)29-12-20(26)24-18-11-17(30(22,27)28)10-14(2)16(18)4/h5-11H,12H2,1-4H3,(H,24,26)(H2,22,27,28). The van der Waals surface area contributed by atoms with Gasteiger partial charge in [-0.2, -0.15) is 0 Å². The van der Waals surface area contributed by atoms with E-state index in [0.717, 1.165) is 22.4 Å². The summed E-state index contributed by atoms with van der Waals surface area (Å²) in [6.07, 6.45) is 3.56. The van der Waals surface area contributed by atoms with Gasteiger partial charge in [0, 0.05) is 18.1 Å². The van der Waals surface area contributed by atoms with Crippen molar-refractivity contribution in [2.24, 2.45) is 5.14 Å². The fourth-order valence-corrected chi connectivity index (χ4v) is 4.48. The van der Waals surface area contributed by atoms with Crippen molar-refractivity contribution in [1.29, 1.82) is 0 Å². The zero-order valence-corrected chi connectivity index (χ0v) is 18.9. The molecule has 0 fully saturated rings. The van der Waals surface area contributed by atoms with E-state index in [1.807, 2.05) is 43.7 Å². The zero-order chi connectivity index (χ0) is 22.1. The molecular formula is C21H24N4O3S2. The number of nitrogens with zero attached hydrogens (tertiary/aromatic N) is 2. The highest BCUT2D eigenvalue weighted by molar-refractivity contribution is 7.99. The highest BCUT2D eigenvalue weighted by atomic mass is 32.2. The Hall–Kier alpha value is -2.62. The largest absolute Gasteiger partial charge is 0.325 e. The van der Waals surface area contributed by atoms with Gasteiger partial charge in [0.1, 0.15) is 0 Å². The molecule has 2 aromatic carbocycles. The van der Waals surface area contributed by atoms with Crippen LogP contribution in [0.2, 0.25) is 0 Å². The normalized spacial score (nSPS) is 11.5. The number of anilines is 1. The number of nitrogens with one attached hydrogen (secondary N) is 1. The average molecular weight is 445 g/mol. The van der Waals surface area contributed by atoms with Crippen molar-refractivity contribution in [2.75, 3.05) is 11.1 Å². The first-order chi connectivity index (χ1) is 14.1. The van der Waals surface area contributed by atoms with Crippen molar-refractivity contribution in [2.45, 2.75) is 37.7 Å². The van der Waals surface area contributed by atoms with E-state index in [1.165, 1.54) is 29.5 Å². The van der Waals surface area contributed by atoms with Crippen LogP contribution in [0.25, 0.3) is 5.69 Å². The Bertz CT molecular complexity index is 1220. The van der Waals surface area contributed by atoms with Crippen molar-refractivity contribution < 1.29 is 13.2 Å². The van der Waals surface area contributed by atoms with E-state index in [4.69, 9.17) is 5.14 Å². The molecule has 0 bridgehead atoms. The van der Waals surface area contributed by atoms with E-state index >= 15 is 0 Å². The van der Waals surface area contributed by atoms with Gasteiger partial charge < -0.3 is 5.32 Å². The van der Waals surface area contributed by atoms with Crippen molar-refractivity contribution >= 4 is 33.4 Å². The number of hydrogen-bond acceptors (Lipinski definition) is 5. The number of aromatic nitrogens is 2. The number of imidazole rings is 1. The van der Waals surface area contributed by atoms with Crippen LogP contribution in [0.3, 0.4) is 0 Å². The maximum absolute atomic E-state index is 12.5. The molecule has 1 aromatic heterocycles. The van der Waals surface area contributed by atoms with Gasteiger partial charge in [-0.1, -0.05) is 29.5 Å². The third kappa shape index (κ3) is 4.92. The molecule has 1 amide bonds. The molecule has 3 aromatic rings. The summed E-state index contributed by atoms with van der Waals surface area (Å²) < 4.78 is 25.3. The van der Waals surface area contributed by atoms with E-state index in [2.05, 4.69) is 16.4 Å². The third-order valence-corrected chi connectivity index (χ3v) is 6.65. The number of thioether (sulfide) groups is 1. The summed E-state index contributed by atoms with van der Waals surface area (Å²) in [5.74, 6) is -0.135. The lowest BCUT2D eigenvalue weighted by Crippen LogP contribution is -2.18. The van der Waals surface area contributed by atoms with Gasteiger partial charge in [-0.3, -0.25) is 9.36 Å². The monoisotopic (exact) mass is 444 g/mol. The molecular weight excluding hydrogens is 420 g/mol. The Balaban J connectivity index is 1.76. The van der Waals surface area contributed by atoms with Gasteiger partial charge in [0.05, 0.1) is 16.3 Å². The molecule has 3 rings (SSSR count). The van der Waals surface area contributed by atoms with E-state index in [0.29, 0.717) is 10.8 Å². The zero-order valence-electron chi connectivity index (χ0n) is 17.3. The summed E-state index contributed by atoms with van der Waals surface area (Å²) in [5, 5.41) is 8.72. The number of aryl methyl sites for hydroxylation is 3. The van der Waals surface area contributed by atoms with Crippen molar-refractivity contribution in [3.05, 3.63) is 65.0 Å². The van der Waals surface area contributed by atoms with Crippen LogP contribution in [-0.4, -0.2) is 29.6 Å². The van der Waals surface area contributed by atoms with Crippen molar-refractivity contribution in [1.82, 2.24) is 9.55 Å². The average Bonchev–Trinajstić information content (AvgIpc) is 3.11. The number of hydrogen-bond donors (Lipinski definition) is 2. The maximum Gasteiger partial charge on any atom is 0.238 e. The number of primary sulfonamides is 1. The molecule has 0 unspecified atom stereocenters. The molecule has 7 nitrogen and oxygen atoms in total. The first-order valence-corrected chi connectivity index (χ1v) is 11.8. The first kappa shape index (κ1) is 22.1. The Labute approximate surface area is 180 Å². The smallest absolute Gasteiger partial charge is 0.238 e. The number of benzene rings is 2. The molecule has 0 atom stereocenters. The topological polar surface area (TPSA) is 107 Å². The van der Waals surface area contributed by atoms with Crippen LogP contribution in [0.4, 0.5) is 5.69 Å². The molecule has 0 saturated carbocycles. The molecule has 0 aliphatic carbocycles. The maximum atomic E-state index is 12.5. The molecule has 1 heterocycles. The van der Waals surface area contributed by atoms with E-state index < -0.39 is 10.0 Å². The lowest BCUT2D eigenvalue weighted by Gasteiger charge is -2.13. The van der Waals surface area contributed by atoms with Crippen LogP contribution in [0.5, 0.6) is 0 Å². The second-order valence-corrected chi connectivity index (χ2v) is 9.67. The summed E-state index contributed by atoms with van der Waals surface area (Å²) in [6.45, 7) is 7.67. The second kappa shape index (κ2) is 8.63. The minimum Gasteiger partial charge on any atom is -0.325 e. The highest BCUT2D eigenvalue weighted by Gasteiger charge is 2.15. The number of nitrogens with two attached hydrogens (primary N) is 1. The number of carbonyl (C=O) groups is 1. The van der Waals surface area contributed by atoms with Crippen molar-refractivity contribution in [3.8, 4) is 5.69 Å². The Morgan fingerprint density at radius 2 is 1.87 bits per heavy atom. The molecule has 0 aliphatic rings. The summed E-state index contributed by atoms with van der Waals surface area (Å²) in [7, 11) is -3.86. The van der Waals surface area contributed by atoms with Gasteiger partial charge >= 0.3 is 0 Å². The number of carbonyl (C=O) groups excluding carboxylic acids is 1. The van der Waals surface area contributed by atoms with Gasteiger partial charge in [0.15, 0.2) is 5.16 Å². The molecule has 0 saturated heterocycles. The molecule has 0 aliphatic heterocycles. The lowest BCUT2D eigenvalue weighted by molar-refractivity contribution is -0.113. The van der Waals surface area contributed by atoms with Gasteiger partial charge in [0.2, 0.25) is 15.9 Å². The number of rotatable bonds is 6. The predicted octanol–water partition coefficient (Wildman–Crippen LogP) is 3.48. The summed E-state index contributed by atoms with van der Waals surface area (Å²) in [5.41, 5.74) is 5.26. The van der Waals surface area contributed by atoms with E-state index in [-0.39, 0.29) is 16.6 Å². The quantitative estimate of drug-likeness (QED) is 0.566. The van der Waals surface area contributed by atoms with Gasteiger partial charge in [-0.15, -0.1) is 0 Å². The first-order valence-electron chi connectivity index (χ1n) is 9.24. The van der Waals surface area contributed by atoms with Crippen LogP contribution in [-0.2, 0) is 14.8 Å². The number of amides is 1. The molecule has 158 valence electrons. The Morgan fingerprint density at radius 1 is 1.13 bits per heavy atom. The molecule has 0 radical (unpaired) electrons. The second-order valence-electron chi connectivity index (χ2n) is 7.16. The van der Waals surface area contributed by atoms with Crippen LogP contribution in [0.15, 0.2) is 52.8 Å². The minimum atomic E-state index is -3.86. The van der Waals surface area contributed by atoms with Crippen LogP contribution in [0.1, 0.15) is 22.3 Å². The van der Waals surface area contributed by atoms with E-state index in [1.54, 1.807) is 13.1 Å². The SMILES string of the molecule is Cc1ccc(-n2ccnc2SCC(=O)Nc2cc(S(N)(=O)=O)cc(C)c2C)c(C)c1. The van der Waals surface area contributed by atoms with Crippen LogP contribution in [0, 0.1) is 27.7 Å². The molecule has 3 N–H and O–H groups in total. The fourth-order valence-electron chi connectivity index (χ4n) is 3.09. The van der Waals surface area contributed by atoms with Gasteiger partial charge in [-0.25, -0.2) is 18.5 Å². The third-order valence-electron chi connectivity index (χ3n) is 4.79. The summed E-state index contributed by atoms with van der Waals surface area (Å²) >= 11 is 1.31. The van der Waals surface area contributed by atoms with Crippen LogP contribution < -0.4 is 10.5 Å². The van der Waals surface area contributed by atoms with Crippen molar-refractivity contribution in [3.63, 3.8) is 0 Å². The minimum absolute atomic E-state index is 0.0288. The highest BCUT2D eigenvalue weighted by Crippen LogP contribution is 2.26. The van der Waals surface area contributed by atoms with Gasteiger partial charge in [0.25, 0.3) is 0 Å². The summed E-state index contributed by atoms with van der Waals surface area (Å²) in [4.78, 5) is 16.9. The molecule has 9 heteroatoms. The summed E-state index contributed by atoms with van der Waals surface area (Å²) in [6, 6.07) is 9.04.